The summed E-state index contributed by atoms with van der Waals surface area (Å²) in [6.07, 6.45) is 4.17. The Morgan fingerprint density at radius 2 is 1.56 bits per heavy atom. The van der Waals surface area contributed by atoms with Crippen LogP contribution in [0.25, 0.3) is 10.9 Å². The first kappa shape index (κ1) is 36.0. The number of amides is 4. The summed E-state index contributed by atoms with van der Waals surface area (Å²) in [5.74, 6) is -0.615. The highest BCUT2D eigenvalue weighted by Gasteiger charge is 2.39. The molecular weight excluding hydrogens is 658 g/mol. The van der Waals surface area contributed by atoms with Crippen molar-refractivity contribution in [2.45, 2.75) is 95.4 Å². The molecule has 0 bridgehead atoms. The highest BCUT2D eigenvalue weighted by atomic mass is 16.6. The lowest BCUT2D eigenvalue weighted by molar-refractivity contribution is -0.143. The number of carbonyl (C=O) groups is 3. The van der Waals surface area contributed by atoms with Crippen LogP contribution in [0, 0.1) is 6.92 Å². The molecule has 2 aromatic carbocycles. The van der Waals surface area contributed by atoms with Crippen molar-refractivity contribution < 1.29 is 19.1 Å². The number of aromatic nitrogens is 1. The molecule has 278 valence electrons. The molecule has 5 heterocycles. The molecule has 0 aliphatic carbocycles. The molecule has 12 heteroatoms. The van der Waals surface area contributed by atoms with Crippen molar-refractivity contribution in [3.8, 4) is 0 Å². The number of carbonyl (C=O) groups excluding carboxylic acids is 3. The SMILES string of the molecule is Cc1cc([C@@H](C)C(OC(=O)N2CCC(N3CCc4ccccc4NC3=O)CC2)C(=O)N2CCC(N3CCC(C)(N)CC3)CC2)cc2ccc(=O)[nH]c12. The molecule has 3 aromatic rings. The Morgan fingerprint density at radius 3 is 2.29 bits per heavy atom. The van der Waals surface area contributed by atoms with Crippen molar-refractivity contribution >= 4 is 34.6 Å². The van der Waals surface area contributed by atoms with Crippen molar-refractivity contribution in [1.82, 2.24) is 24.6 Å². The number of hydrogen-bond donors (Lipinski definition) is 3. The summed E-state index contributed by atoms with van der Waals surface area (Å²) in [6, 6.07) is 15.4. The number of aromatic amines is 1. The first-order chi connectivity index (χ1) is 25.0. The molecule has 1 aromatic heterocycles. The van der Waals surface area contributed by atoms with Crippen molar-refractivity contribution in [3.05, 3.63) is 75.6 Å². The second-order valence-corrected chi connectivity index (χ2v) is 15.7. The van der Waals surface area contributed by atoms with Crippen molar-refractivity contribution in [3.63, 3.8) is 0 Å². The van der Waals surface area contributed by atoms with E-state index in [1.54, 1.807) is 11.0 Å². The molecule has 2 atom stereocenters. The zero-order valence-electron chi connectivity index (χ0n) is 30.7. The molecule has 12 nitrogen and oxygen atoms in total. The fourth-order valence-electron chi connectivity index (χ4n) is 8.59. The Hall–Kier alpha value is -4.42. The van der Waals surface area contributed by atoms with Gasteiger partial charge in [0.05, 0.1) is 5.52 Å². The average molecular weight is 712 g/mol. The number of hydrogen-bond acceptors (Lipinski definition) is 7. The maximum Gasteiger partial charge on any atom is 0.410 e. The van der Waals surface area contributed by atoms with Gasteiger partial charge in [-0.3, -0.25) is 9.59 Å². The number of nitrogens with zero attached hydrogens (tertiary/aromatic N) is 4. The second-order valence-electron chi connectivity index (χ2n) is 15.7. The van der Waals surface area contributed by atoms with Gasteiger partial charge < -0.3 is 40.4 Å². The van der Waals surface area contributed by atoms with Gasteiger partial charge in [0.15, 0.2) is 6.10 Å². The molecule has 7 rings (SSSR count). The van der Waals surface area contributed by atoms with Crippen LogP contribution in [0.15, 0.2) is 53.3 Å². The summed E-state index contributed by atoms with van der Waals surface area (Å²) >= 11 is 0. The van der Waals surface area contributed by atoms with Gasteiger partial charge in [0.25, 0.3) is 5.91 Å². The summed E-state index contributed by atoms with van der Waals surface area (Å²) in [7, 11) is 0. The third-order valence-electron chi connectivity index (χ3n) is 12.0. The van der Waals surface area contributed by atoms with E-state index in [9.17, 15) is 19.2 Å². The lowest BCUT2D eigenvalue weighted by Crippen LogP contribution is -2.55. The number of anilines is 1. The Labute approximate surface area is 305 Å². The molecule has 0 saturated carbocycles. The number of ether oxygens (including phenoxy) is 1. The van der Waals surface area contributed by atoms with Crippen molar-refractivity contribution in [1.29, 1.82) is 0 Å². The minimum Gasteiger partial charge on any atom is -0.435 e. The molecule has 4 aliphatic rings. The number of urea groups is 1. The van der Waals surface area contributed by atoms with Gasteiger partial charge in [-0.1, -0.05) is 31.2 Å². The lowest BCUT2D eigenvalue weighted by atomic mass is 9.88. The number of likely N-dealkylation sites (tertiary alicyclic amines) is 3. The third-order valence-corrected chi connectivity index (χ3v) is 12.0. The van der Waals surface area contributed by atoms with Crippen molar-refractivity contribution in [2.24, 2.45) is 5.73 Å². The van der Waals surface area contributed by atoms with Gasteiger partial charge in [-0.15, -0.1) is 0 Å². The second kappa shape index (κ2) is 14.9. The molecule has 3 fully saturated rings. The Kier molecular flexibility index (Phi) is 10.3. The van der Waals surface area contributed by atoms with Gasteiger partial charge in [0.1, 0.15) is 0 Å². The van der Waals surface area contributed by atoms with E-state index >= 15 is 0 Å². The zero-order valence-corrected chi connectivity index (χ0v) is 30.7. The van der Waals surface area contributed by atoms with Gasteiger partial charge in [0, 0.05) is 81.1 Å². The van der Waals surface area contributed by atoms with E-state index in [-0.39, 0.29) is 29.1 Å². The maximum atomic E-state index is 14.4. The molecule has 52 heavy (non-hydrogen) atoms. The quantitative estimate of drug-likeness (QED) is 0.333. The normalized spacial score (nSPS) is 21.6. The van der Waals surface area contributed by atoms with Gasteiger partial charge >= 0.3 is 12.1 Å². The van der Waals surface area contributed by atoms with Crippen LogP contribution >= 0.6 is 0 Å². The summed E-state index contributed by atoms with van der Waals surface area (Å²) in [5, 5.41) is 3.92. The number of benzene rings is 2. The van der Waals surface area contributed by atoms with Crippen LogP contribution in [0.4, 0.5) is 15.3 Å². The molecule has 0 spiro atoms. The average Bonchev–Trinajstić information content (AvgIpc) is 3.31. The van der Waals surface area contributed by atoms with Crippen LogP contribution in [0.5, 0.6) is 0 Å². The lowest BCUT2D eigenvalue weighted by Gasteiger charge is -2.44. The van der Waals surface area contributed by atoms with Gasteiger partial charge in [-0.25, -0.2) is 9.59 Å². The van der Waals surface area contributed by atoms with E-state index in [2.05, 4.69) is 22.1 Å². The summed E-state index contributed by atoms with van der Waals surface area (Å²) in [5.41, 5.74) is 10.6. The van der Waals surface area contributed by atoms with Crippen LogP contribution in [0.3, 0.4) is 0 Å². The topological polar surface area (TPSA) is 144 Å². The van der Waals surface area contributed by atoms with Crippen LogP contribution in [-0.2, 0) is 16.0 Å². The molecule has 3 saturated heterocycles. The number of H-pyrrole nitrogens is 1. The highest BCUT2D eigenvalue weighted by molar-refractivity contribution is 5.91. The van der Waals surface area contributed by atoms with E-state index in [0.717, 1.165) is 78.5 Å². The number of nitrogens with two attached hydrogens (primary N) is 1. The fraction of sp³-hybridized carbons (Fsp3) is 0.550. The minimum absolute atomic E-state index is 0.00142. The van der Waals surface area contributed by atoms with Crippen LogP contribution in [0.1, 0.15) is 75.0 Å². The number of nitrogens with one attached hydrogen (secondary N) is 2. The number of piperidine rings is 3. The van der Waals surface area contributed by atoms with Crippen LogP contribution < -0.4 is 16.6 Å². The first-order valence-electron chi connectivity index (χ1n) is 19.0. The zero-order chi connectivity index (χ0) is 36.6. The van der Waals surface area contributed by atoms with E-state index in [1.165, 1.54) is 6.07 Å². The summed E-state index contributed by atoms with van der Waals surface area (Å²) < 4.78 is 6.24. The molecule has 4 N–H and O–H groups in total. The van der Waals surface area contributed by atoms with E-state index in [0.29, 0.717) is 51.6 Å². The number of para-hydroxylation sites is 1. The number of aryl methyl sites for hydroxylation is 1. The van der Waals surface area contributed by atoms with Crippen LogP contribution in [-0.4, -0.2) is 112 Å². The van der Waals surface area contributed by atoms with Gasteiger partial charge in [0.2, 0.25) is 5.56 Å². The summed E-state index contributed by atoms with van der Waals surface area (Å²) in [4.78, 5) is 64.4. The maximum absolute atomic E-state index is 14.4. The smallest absolute Gasteiger partial charge is 0.410 e. The largest absolute Gasteiger partial charge is 0.435 e. The van der Waals surface area contributed by atoms with E-state index < -0.39 is 18.1 Å². The Morgan fingerprint density at radius 1 is 0.885 bits per heavy atom. The summed E-state index contributed by atoms with van der Waals surface area (Å²) in [6.45, 7) is 10.6. The molecule has 4 amide bonds. The Bertz CT molecular complexity index is 1850. The Balaban J connectivity index is 1.04. The fourth-order valence-corrected chi connectivity index (χ4v) is 8.59. The molecule has 4 aliphatic heterocycles. The van der Waals surface area contributed by atoms with E-state index in [4.69, 9.17) is 10.5 Å². The molecule has 1 unspecified atom stereocenters. The predicted octanol–water partition coefficient (Wildman–Crippen LogP) is 4.80. The van der Waals surface area contributed by atoms with E-state index in [1.807, 2.05) is 60.0 Å². The standard InChI is InChI=1S/C40H53N7O5/c1-26-24-30(25-29-8-9-34(48)43-35(26)29)27(2)36(37(49)45-17-11-31(12-18-45)44-22-15-40(3,41)16-23-44)52-39(51)46-19-13-32(14-20-46)47-21-10-28-6-4-5-7-33(28)42-38(47)50/h4-9,24-25,27,31-32,36H,10-23,41H2,1-3H3,(H,42,50)(H,43,48)/t27-,36?/m1/s1. The number of fused-ring (bicyclic) bond motifs is 2. The first-order valence-corrected chi connectivity index (χ1v) is 19.0. The minimum atomic E-state index is -1.02. The van der Waals surface area contributed by atoms with Crippen molar-refractivity contribution in [2.75, 3.05) is 51.1 Å². The van der Waals surface area contributed by atoms with Crippen LogP contribution in [0.2, 0.25) is 0 Å². The number of rotatable bonds is 6. The molecule has 0 radical (unpaired) electrons. The van der Waals surface area contributed by atoms with Gasteiger partial charge in [-0.2, -0.15) is 0 Å². The number of pyridine rings is 1. The van der Waals surface area contributed by atoms with Gasteiger partial charge in [-0.05, 0) is 99.1 Å². The highest BCUT2D eigenvalue weighted by Crippen LogP contribution is 2.31. The third kappa shape index (κ3) is 7.68. The monoisotopic (exact) mass is 711 g/mol. The predicted molar refractivity (Wildman–Crippen MR) is 201 cm³/mol. The molecular formula is C40H53N7O5.